The number of thiocarbonyl (C=S) groups is 1. The van der Waals surface area contributed by atoms with E-state index in [0.29, 0.717) is 11.7 Å². The summed E-state index contributed by atoms with van der Waals surface area (Å²) in [6.45, 7) is 2.59. The number of hydrazone groups is 1. The molecule has 0 amide bonds. The minimum absolute atomic E-state index is 0.257. The fraction of sp³-hybridized carbons (Fsp3) is 0.263. The highest BCUT2D eigenvalue weighted by molar-refractivity contribution is 7.80. The molecule has 1 aliphatic carbocycles. The van der Waals surface area contributed by atoms with Gasteiger partial charge in [-0.15, -0.1) is 0 Å². The maximum Gasteiger partial charge on any atom is 0.187 e. The highest BCUT2D eigenvalue weighted by atomic mass is 32.1. The summed E-state index contributed by atoms with van der Waals surface area (Å²) in [4.78, 5) is 0. The zero-order valence-electron chi connectivity index (χ0n) is 13.7. The summed E-state index contributed by atoms with van der Waals surface area (Å²) in [5.74, 6) is 0.814. The van der Waals surface area contributed by atoms with Crippen LogP contribution < -0.4 is 15.5 Å². The van der Waals surface area contributed by atoms with Crippen LogP contribution in [0, 0.1) is 0 Å². The summed E-state index contributed by atoms with van der Waals surface area (Å²) < 4.78 is 5.57. The van der Waals surface area contributed by atoms with E-state index in [9.17, 15) is 0 Å². The Morgan fingerprint density at radius 3 is 2.92 bits per heavy atom. The average Bonchev–Trinajstić information content (AvgIpc) is 3.00. The molecular formula is C19H21N3OS. The van der Waals surface area contributed by atoms with Crippen LogP contribution in [0.3, 0.4) is 0 Å². The second-order valence-electron chi connectivity index (χ2n) is 5.60. The minimum Gasteiger partial charge on any atom is -0.493 e. The molecule has 0 fully saturated rings. The number of ether oxygens (including phenoxy) is 1. The van der Waals surface area contributed by atoms with Gasteiger partial charge in [-0.3, -0.25) is 5.43 Å². The molecule has 0 heterocycles. The molecule has 2 N–H and O–H groups in total. The van der Waals surface area contributed by atoms with Crippen LogP contribution in [0.5, 0.6) is 5.75 Å². The van der Waals surface area contributed by atoms with Gasteiger partial charge in [-0.05, 0) is 55.2 Å². The number of aryl methyl sites for hydroxylation is 1. The van der Waals surface area contributed by atoms with Gasteiger partial charge >= 0.3 is 0 Å². The molecule has 24 heavy (non-hydrogen) atoms. The Kier molecular flexibility index (Phi) is 5.43. The summed E-state index contributed by atoms with van der Waals surface area (Å²) >= 11 is 5.35. The maximum atomic E-state index is 5.57. The van der Waals surface area contributed by atoms with E-state index in [-0.39, 0.29) is 6.04 Å². The predicted octanol–water partition coefficient (Wildman–Crippen LogP) is 3.57. The van der Waals surface area contributed by atoms with E-state index in [0.717, 1.165) is 24.2 Å². The highest BCUT2D eigenvalue weighted by Gasteiger charge is 2.22. The molecule has 0 aliphatic heterocycles. The summed E-state index contributed by atoms with van der Waals surface area (Å²) in [7, 11) is 0. The molecule has 2 aromatic rings. The Morgan fingerprint density at radius 1 is 1.25 bits per heavy atom. The molecule has 0 aromatic heterocycles. The van der Waals surface area contributed by atoms with Crippen LogP contribution in [-0.2, 0) is 6.42 Å². The van der Waals surface area contributed by atoms with Gasteiger partial charge in [-0.25, -0.2) is 0 Å². The molecule has 0 saturated carbocycles. The fourth-order valence-corrected chi connectivity index (χ4v) is 3.13. The van der Waals surface area contributed by atoms with Crippen molar-refractivity contribution < 1.29 is 4.74 Å². The molecular weight excluding hydrogens is 318 g/mol. The van der Waals surface area contributed by atoms with Crippen molar-refractivity contribution in [1.29, 1.82) is 0 Å². The van der Waals surface area contributed by atoms with Crippen LogP contribution >= 0.6 is 12.2 Å². The first-order chi connectivity index (χ1) is 11.8. The third-order valence-electron chi connectivity index (χ3n) is 4.03. The SMILES string of the molecule is CCOc1ccccc1/C=N\NC(=S)N[C@@H]1CCc2ccccc21. The van der Waals surface area contributed by atoms with E-state index in [1.807, 2.05) is 31.2 Å². The third-order valence-corrected chi connectivity index (χ3v) is 4.24. The van der Waals surface area contributed by atoms with Gasteiger partial charge in [-0.2, -0.15) is 5.10 Å². The lowest BCUT2D eigenvalue weighted by Gasteiger charge is -2.15. The van der Waals surface area contributed by atoms with Crippen molar-refractivity contribution in [1.82, 2.24) is 10.7 Å². The topological polar surface area (TPSA) is 45.6 Å². The lowest BCUT2D eigenvalue weighted by atomic mass is 10.1. The van der Waals surface area contributed by atoms with Gasteiger partial charge in [0.05, 0.1) is 18.9 Å². The maximum absolute atomic E-state index is 5.57. The summed E-state index contributed by atoms with van der Waals surface area (Å²) in [5, 5.41) is 8.09. The van der Waals surface area contributed by atoms with Gasteiger partial charge in [0.25, 0.3) is 0 Å². The number of rotatable bonds is 5. The number of fused-ring (bicyclic) bond motifs is 1. The van der Waals surface area contributed by atoms with E-state index in [1.165, 1.54) is 11.1 Å². The standard InChI is InChI=1S/C19H21N3OS/c1-2-23-18-10-6-4-8-15(18)13-20-22-19(24)21-17-12-11-14-7-3-5-9-16(14)17/h3-10,13,17H,2,11-12H2,1H3,(H2,21,22,24)/b20-13-/t17-/m1/s1. The molecule has 2 aromatic carbocycles. The lowest BCUT2D eigenvalue weighted by Crippen LogP contribution is -2.34. The zero-order valence-corrected chi connectivity index (χ0v) is 14.5. The number of benzene rings is 2. The molecule has 124 valence electrons. The molecule has 3 rings (SSSR count). The Labute approximate surface area is 147 Å². The Bertz CT molecular complexity index is 745. The predicted molar refractivity (Wildman–Crippen MR) is 102 cm³/mol. The van der Waals surface area contributed by atoms with Gasteiger partial charge in [0.2, 0.25) is 0 Å². The van der Waals surface area contributed by atoms with E-state index in [4.69, 9.17) is 17.0 Å². The largest absolute Gasteiger partial charge is 0.493 e. The van der Waals surface area contributed by atoms with Gasteiger partial charge in [-0.1, -0.05) is 36.4 Å². The molecule has 0 unspecified atom stereocenters. The lowest BCUT2D eigenvalue weighted by molar-refractivity contribution is 0.340. The van der Waals surface area contributed by atoms with Gasteiger partial charge in [0.15, 0.2) is 5.11 Å². The van der Waals surface area contributed by atoms with E-state index >= 15 is 0 Å². The molecule has 0 spiro atoms. The van der Waals surface area contributed by atoms with Crippen molar-refractivity contribution in [3.05, 3.63) is 65.2 Å². The van der Waals surface area contributed by atoms with E-state index < -0.39 is 0 Å². The average molecular weight is 339 g/mol. The van der Waals surface area contributed by atoms with E-state index in [1.54, 1.807) is 6.21 Å². The number of nitrogens with one attached hydrogen (secondary N) is 2. The van der Waals surface area contributed by atoms with Crippen molar-refractivity contribution in [3.8, 4) is 5.75 Å². The van der Waals surface area contributed by atoms with Gasteiger partial charge < -0.3 is 10.1 Å². The summed E-state index contributed by atoms with van der Waals surface area (Å²) in [6.07, 6.45) is 3.86. The van der Waals surface area contributed by atoms with Crippen molar-refractivity contribution >= 4 is 23.5 Å². The van der Waals surface area contributed by atoms with Crippen molar-refractivity contribution in [3.63, 3.8) is 0 Å². The summed E-state index contributed by atoms with van der Waals surface area (Å²) in [6, 6.07) is 16.5. The number of para-hydroxylation sites is 1. The Hall–Kier alpha value is -2.40. The van der Waals surface area contributed by atoms with Gasteiger partial charge in [0, 0.05) is 5.56 Å². The Morgan fingerprint density at radius 2 is 2.04 bits per heavy atom. The van der Waals surface area contributed by atoms with Crippen LogP contribution in [0.25, 0.3) is 0 Å². The van der Waals surface area contributed by atoms with Crippen molar-refractivity contribution in [2.45, 2.75) is 25.8 Å². The first-order valence-corrected chi connectivity index (χ1v) is 8.58. The molecule has 5 heteroatoms. The van der Waals surface area contributed by atoms with Crippen molar-refractivity contribution in [2.75, 3.05) is 6.61 Å². The zero-order chi connectivity index (χ0) is 16.8. The van der Waals surface area contributed by atoms with Crippen molar-refractivity contribution in [2.24, 2.45) is 5.10 Å². The Balaban J connectivity index is 1.57. The highest BCUT2D eigenvalue weighted by Crippen LogP contribution is 2.30. The van der Waals surface area contributed by atoms with Crippen LogP contribution in [0.15, 0.2) is 53.6 Å². The van der Waals surface area contributed by atoms with Crippen LogP contribution in [0.1, 0.15) is 36.1 Å². The molecule has 0 radical (unpaired) electrons. The number of hydrogen-bond donors (Lipinski definition) is 2. The first kappa shape index (κ1) is 16.5. The number of nitrogens with zero attached hydrogens (tertiary/aromatic N) is 1. The number of hydrogen-bond acceptors (Lipinski definition) is 3. The van der Waals surface area contributed by atoms with E-state index in [2.05, 4.69) is 40.1 Å². The molecule has 0 bridgehead atoms. The molecule has 0 saturated heterocycles. The fourth-order valence-electron chi connectivity index (χ4n) is 2.93. The van der Waals surface area contributed by atoms with Crippen LogP contribution in [-0.4, -0.2) is 17.9 Å². The second-order valence-corrected chi connectivity index (χ2v) is 6.01. The molecule has 1 atom stereocenters. The molecule has 4 nitrogen and oxygen atoms in total. The van der Waals surface area contributed by atoms with Gasteiger partial charge in [0.1, 0.15) is 5.75 Å². The molecule has 1 aliphatic rings. The minimum atomic E-state index is 0.257. The summed E-state index contributed by atoms with van der Waals surface area (Å²) in [5.41, 5.74) is 6.53. The first-order valence-electron chi connectivity index (χ1n) is 8.17. The smallest absolute Gasteiger partial charge is 0.187 e. The second kappa shape index (κ2) is 7.93. The monoisotopic (exact) mass is 339 g/mol. The quantitative estimate of drug-likeness (QED) is 0.497. The normalized spacial score (nSPS) is 16.0. The van der Waals surface area contributed by atoms with Crippen LogP contribution in [0.4, 0.5) is 0 Å². The third kappa shape index (κ3) is 3.92. The van der Waals surface area contributed by atoms with Crippen LogP contribution in [0.2, 0.25) is 0 Å².